The molecule has 3 aromatic carbocycles. The topological polar surface area (TPSA) is 152 Å². The molecule has 0 fully saturated rings. The van der Waals surface area contributed by atoms with Crippen LogP contribution in [0.4, 0.5) is 18.0 Å². The van der Waals surface area contributed by atoms with E-state index in [0.29, 0.717) is 37.2 Å². The summed E-state index contributed by atoms with van der Waals surface area (Å²) in [6.45, 7) is 0.174. The van der Waals surface area contributed by atoms with Gasteiger partial charge in [-0.05, 0) is 47.2 Å². The number of ether oxygens (including phenoxy) is 2. The number of hydrogen-bond acceptors (Lipinski definition) is 7. The Bertz CT molecular complexity index is 1500. The standard InChI is InChI=1S/C33H35F3N4O7/c1-46-26-16-10-22(11-17-26)20-39-32(45)37-18-6-5-9-28(41)38-21-29(42)40-27(19-30(43)47-31(44)33(34,35)36)25-14-12-24(13-15-25)23-7-3-2-4-8-23/h2-4,7-8,10-17,27H,5-6,9,18-21H2,1H3,(H,38,41)(H,40,42)(H2,37,39,45). The molecule has 0 heterocycles. The van der Waals surface area contributed by atoms with Gasteiger partial charge >= 0.3 is 24.1 Å². The van der Waals surface area contributed by atoms with Crippen LogP contribution in [0, 0.1) is 0 Å². The molecule has 14 heteroatoms. The Morgan fingerprint density at radius 3 is 2.06 bits per heavy atom. The molecule has 3 rings (SSSR count). The number of alkyl halides is 3. The number of urea groups is 1. The molecule has 1 unspecified atom stereocenters. The number of methoxy groups -OCH3 is 1. The molecular weight excluding hydrogens is 621 g/mol. The lowest BCUT2D eigenvalue weighted by molar-refractivity contribution is -0.202. The minimum atomic E-state index is -5.36. The first-order valence-corrected chi connectivity index (χ1v) is 14.6. The van der Waals surface area contributed by atoms with Crippen LogP contribution in [0.1, 0.15) is 42.9 Å². The van der Waals surface area contributed by atoms with Crippen LogP contribution in [0.25, 0.3) is 11.1 Å². The molecule has 0 aliphatic carbocycles. The lowest BCUT2D eigenvalue weighted by Crippen LogP contribution is -2.39. The largest absolute Gasteiger partial charge is 0.497 e. The number of halogens is 3. The van der Waals surface area contributed by atoms with Crippen molar-refractivity contribution in [1.29, 1.82) is 0 Å². The normalized spacial score (nSPS) is 11.5. The van der Waals surface area contributed by atoms with Crippen molar-refractivity contribution in [2.24, 2.45) is 0 Å². The molecule has 0 aromatic heterocycles. The summed E-state index contributed by atoms with van der Waals surface area (Å²) < 4.78 is 46.7. The van der Waals surface area contributed by atoms with Crippen molar-refractivity contribution in [2.45, 2.75) is 44.4 Å². The van der Waals surface area contributed by atoms with E-state index in [1.165, 1.54) is 0 Å². The summed E-state index contributed by atoms with van der Waals surface area (Å²) in [6.07, 6.45) is -5.15. The van der Waals surface area contributed by atoms with Gasteiger partial charge in [0.25, 0.3) is 0 Å². The molecule has 47 heavy (non-hydrogen) atoms. The predicted octanol–water partition coefficient (Wildman–Crippen LogP) is 4.33. The molecule has 11 nitrogen and oxygen atoms in total. The summed E-state index contributed by atoms with van der Waals surface area (Å²) in [4.78, 5) is 60.2. The van der Waals surface area contributed by atoms with Gasteiger partial charge in [0.15, 0.2) is 0 Å². The van der Waals surface area contributed by atoms with E-state index in [1.54, 1.807) is 43.5 Å². The van der Waals surface area contributed by atoms with Crippen LogP contribution in [-0.2, 0) is 30.5 Å². The lowest BCUT2D eigenvalue weighted by Gasteiger charge is -2.19. The van der Waals surface area contributed by atoms with E-state index in [4.69, 9.17) is 4.74 Å². The SMILES string of the molecule is COc1ccc(CNC(=O)NCCCCC(=O)NCC(=O)NC(CC(=O)OC(=O)C(F)(F)F)c2ccc(-c3ccccc3)cc2)cc1. The van der Waals surface area contributed by atoms with Crippen LogP contribution in [0.3, 0.4) is 0 Å². The number of unbranched alkanes of at least 4 members (excludes halogenated alkanes) is 1. The second-order valence-electron chi connectivity index (χ2n) is 10.3. The maximum Gasteiger partial charge on any atom is 0.491 e. The van der Waals surface area contributed by atoms with Gasteiger partial charge in [-0.2, -0.15) is 13.2 Å². The highest BCUT2D eigenvalue weighted by molar-refractivity contribution is 5.89. The zero-order valence-corrected chi connectivity index (χ0v) is 25.5. The highest BCUT2D eigenvalue weighted by atomic mass is 19.4. The van der Waals surface area contributed by atoms with Crippen molar-refractivity contribution in [3.63, 3.8) is 0 Å². The van der Waals surface area contributed by atoms with Gasteiger partial charge in [0, 0.05) is 19.5 Å². The predicted molar refractivity (Wildman–Crippen MR) is 165 cm³/mol. The minimum Gasteiger partial charge on any atom is -0.497 e. The van der Waals surface area contributed by atoms with E-state index < -0.39 is 48.9 Å². The number of carbonyl (C=O) groups is 5. The van der Waals surface area contributed by atoms with Crippen molar-refractivity contribution in [3.05, 3.63) is 90.0 Å². The van der Waals surface area contributed by atoms with Crippen LogP contribution in [0.5, 0.6) is 5.75 Å². The number of rotatable bonds is 15. The number of benzene rings is 3. The van der Waals surface area contributed by atoms with Crippen LogP contribution in [0.2, 0.25) is 0 Å². The molecule has 1 atom stereocenters. The Hall–Kier alpha value is -5.40. The molecule has 4 amide bonds. The molecule has 0 aliphatic rings. The van der Waals surface area contributed by atoms with Crippen LogP contribution < -0.4 is 26.0 Å². The van der Waals surface area contributed by atoms with Crippen molar-refractivity contribution >= 4 is 29.8 Å². The molecule has 0 saturated heterocycles. The second-order valence-corrected chi connectivity index (χ2v) is 10.3. The molecule has 3 aromatic rings. The number of amides is 4. The van der Waals surface area contributed by atoms with Crippen LogP contribution in [0.15, 0.2) is 78.9 Å². The van der Waals surface area contributed by atoms with E-state index in [0.717, 1.165) is 16.7 Å². The van der Waals surface area contributed by atoms with E-state index >= 15 is 0 Å². The van der Waals surface area contributed by atoms with Gasteiger partial charge in [-0.25, -0.2) is 9.59 Å². The van der Waals surface area contributed by atoms with E-state index in [-0.39, 0.29) is 12.5 Å². The minimum absolute atomic E-state index is 0.0681. The van der Waals surface area contributed by atoms with Crippen LogP contribution in [-0.4, -0.2) is 56.2 Å². The van der Waals surface area contributed by atoms with Crippen LogP contribution >= 0.6 is 0 Å². The van der Waals surface area contributed by atoms with Crippen molar-refractivity contribution in [3.8, 4) is 16.9 Å². The molecule has 4 N–H and O–H groups in total. The quantitative estimate of drug-likeness (QED) is 0.108. The second kappa shape index (κ2) is 17.9. The summed E-state index contributed by atoms with van der Waals surface area (Å²) >= 11 is 0. The summed E-state index contributed by atoms with van der Waals surface area (Å²) in [5.74, 6) is -4.61. The van der Waals surface area contributed by atoms with Crippen molar-refractivity contribution in [2.75, 3.05) is 20.2 Å². The average Bonchev–Trinajstić information content (AvgIpc) is 3.06. The maximum absolute atomic E-state index is 12.6. The first-order valence-electron chi connectivity index (χ1n) is 14.6. The fraction of sp³-hybridized carbons (Fsp3) is 0.303. The third-order valence-corrected chi connectivity index (χ3v) is 6.74. The highest BCUT2D eigenvalue weighted by Gasteiger charge is 2.42. The summed E-state index contributed by atoms with van der Waals surface area (Å²) in [5, 5.41) is 10.4. The first kappa shape index (κ1) is 36.1. The smallest absolute Gasteiger partial charge is 0.491 e. The lowest BCUT2D eigenvalue weighted by atomic mass is 9.99. The van der Waals surface area contributed by atoms with Crippen molar-refractivity contribution < 1.29 is 46.6 Å². The Labute approximate surface area is 269 Å². The molecule has 250 valence electrons. The highest BCUT2D eigenvalue weighted by Crippen LogP contribution is 2.24. The molecule has 0 saturated carbocycles. The van der Waals surface area contributed by atoms with E-state index in [1.807, 2.05) is 42.5 Å². The molecule has 0 radical (unpaired) electrons. The average molecular weight is 657 g/mol. The number of carbonyl (C=O) groups excluding carboxylic acids is 5. The zero-order chi connectivity index (χ0) is 34.2. The summed E-state index contributed by atoms with van der Waals surface area (Å²) in [7, 11) is 1.56. The van der Waals surface area contributed by atoms with Gasteiger partial charge in [-0.1, -0.05) is 66.7 Å². The first-order chi connectivity index (χ1) is 22.4. The third kappa shape index (κ3) is 12.9. The summed E-state index contributed by atoms with van der Waals surface area (Å²) in [5.41, 5.74) is 2.96. The van der Waals surface area contributed by atoms with E-state index in [9.17, 15) is 37.1 Å². The van der Waals surface area contributed by atoms with Gasteiger partial charge in [-0.3, -0.25) is 14.4 Å². The molecular formula is C33H35F3N4O7. The molecule has 0 spiro atoms. The van der Waals surface area contributed by atoms with Gasteiger partial charge in [0.2, 0.25) is 11.8 Å². The number of hydrogen-bond donors (Lipinski definition) is 4. The Balaban J connectivity index is 1.43. The van der Waals surface area contributed by atoms with Gasteiger partial charge < -0.3 is 30.7 Å². The molecule has 0 bridgehead atoms. The fourth-order valence-electron chi connectivity index (χ4n) is 4.27. The fourth-order valence-corrected chi connectivity index (χ4v) is 4.27. The Kier molecular flexibility index (Phi) is 13.8. The summed E-state index contributed by atoms with van der Waals surface area (Å²) in [6, 6.07) is 21.6. The van der Waals surface area contributed by atoms with Gasteiger partial charge in [0.05, 0.1) is 26.1 Å². The third-order valence-electron chi connectivity index (χ3n) is 6.74. The Morgan fingerprint density at radius 1 is 0.766 bits per heavy atom. The zero-order valence-electron chi connectivity index (χ0n) is 25.5. The van der Waals surface area contributed by atoms with Crippen molar-refractivity contribution in [1.82, 2.24) is 21.3 Å². The van der Waals surface area contributed by atoms with Gasteiger partial charge in [0.1, 0.15) is 5.75 Å². The van der Waals surface area contributed by atoms with E-state index in [2.05, 4.69) is 26.0 Å². The van der Waals surface area contributed by atoms with Gasteiger partial charge in [-0.15, -0.1) is 0 Å². The molecule has 0 aliphatic heterocycles. The number of nitrogens with one attached hydrogen (secondary N) is 4. The maximum atomic E-state index is 12.6. The monoisotopic (exact) mass is 656 g/mol. The number of esters is 2. The Morgan fingerprint density at radius 2 is 1.43 bits per heavy atom.